The Morgan fingerprint density at radius 1 is 1.57 bits per heavy atom. The smallest absolute Gasteiger partial charge is 0.358 e. The summed E-state index contributed by atoms with van der Waals surface area (Å²) in [5, 5.41) is 3.21. The summed E-state index contributed by atoms with van der Waals surface area (Å²) < 4.78 is 5.42. The van der Waals surface area contributed by atoms with Crippen molar-refractivity contribution in [3.05, 3.63) is 29.6 Å². The molecule has 0 bridgehead atoms. The van der Waals surface area contributed by atoms with Crippen LogP contribution in [0.15, 0.2) is 18.3 Å². The van der Waals surface area contributed by atoms with Gasteiger partial charge in [0.2, 0.25) is 0 Å². The first-order chi connectivity index (χ1) is 6.82. The van der Waals surface area contributed by atoms with E-state index < -0.39 is 5.60 Å². The Morgan fingerprint density at radius 3 is 3.29 bits per heavy atom. The normalized spacial score (nSPS) is 29.3. The highest BCUT2D eigenvalue weighted by atomic mass is 16.6. The summed E-state index contributed by atoms with van der Waals surface area (Å²) in [5.41, 5.74) is 0.993. The topological polar surface area (TPSA) is 51.2 Å². The van der Waals surface area contributed by atoms with Gasteiger partial charge in [-0.1, -0.05) is 6.07 Å². The van der Waals surface area contributed by atoms with Gasteiger partial charge in [0.25, 0.3) is 0 Å². The average Bonchev–Trinajstić information content (AvgIpc) is 2.77. The highest BCUT2D eigenvalue weighted by Crippen LogP contribution is 2.39. The highest BCUT2D eigenvalue weighted by Gasteiger charge is 2.48. The third-order valence-corrected chi connectivity index (χ3v) is 2.90. The van der Waals surface area contributed by atoms with Crippen molar-refractivity contribution in [3.8, 4) is 0 Å². The molecule has 0 saturated carbocycles. The number of esters is 1. The van der Waals surface area contributed by atoms with E-state index >= 15 is 0 Å². The molecule has 1 N–H and O–H groups in total. The summed E-state index contributed by atoms with van der Waals surface area (Å²) in [6.45, 7) is 1.60. The minimum atomic E-state index is -0.430. The number of nitrogens with zero attached hydrogens (tertiary/aromatic N) is 1. The summed E-state index contributed by atoms with van der Waals surface area (Å²) in [4.78, 5) is 15.6. The molecule has 3 heterocycles. The first kappa shape index (κ1) is 7.94. The van der Waals surface area contributed by atoms with Gasteiger partial charge in [-0.2, -0.15) is 0 Å². The Morgan fingerprint density at radius 2 is 2.50 bits per heavy atom. The molecule has 1 atom stereocenters. The van der Waals surface area contributed by atoms with Crippen molar-refractivity contribution in [2.24, 2.45) is 0 Å². The summed E-state index contributed by atoms with van der Waals surface area (Å²) in [5.74, 6) is -0.288. The van der Waals surface area contributed by atoms with Crippen LogP contribution >= 0.6 is 0 Å². The number of carbonyl (C=O) groups is 1. The van der Waals surface area contributed by atoms with Gasteiger partial charge in [0.05, 0.1) is 0 Å². The Bertz CT molecular complexity index is 397. The van der Waals surface area contributed by atoms with Gasteiger partial charge in [0, 0.05) is 24.7 Å². The van der Waals surface area contributed by atoms with Crippen LogP contribution in [0, 0.1) is 0 Å². The van der Waals surface area contributed by atoms with Gasteiger partial charge < -0.3 is 10.1 Å². The first-order valence-corrected chi connectivity index (χ1v) is 4.71. The second kappa shape index (κ2) is 2.54. The number of fused-ring (bicyclic) bond motifs is 2. The maximum absolute atomic E-state index is 11.5. The molecule has 0 amide bonds. The maximum atomic E-state index is 11.5. The number of hydrogen-bond acceptors (Lipinski definition) is 4. The molecule has 1 fully saturated rings. The van der Waals surface area contributed by atoms with Crippen molar-refractivity contribution in [1.82, 2.24) is 10.3 Å². The molecule has 1 aromatic heterocycles. The lowest BCUT2D eigenvalue weighted by atomic mass is 9.94. The fourth-order valence-corrected chi connectivity index (χ4v) is 2.20. The number of ether oxygens (including phenoxy) is 1. The van der Waals surface area contributed by atoms with Crippen LogP contribution in [0.5, 0.6) is 0 Å². The van der Waals surface area contributed by atoms with Gasteiger partial charge in [-0.3, -0.25) is 0 Å². The van der Waals surface area contributed by atoms with Crippen LogP contribution < -0.4 is 5.32 Å². The number of rotatable bonds is 0. The standard InChI is InChI=1S/C10H10N2O2/c13-9-8-7(2-1-4-12-8)10(14-9)3-5-11-6-10/h1-2,4,11H,3,5-6H2. The van der Waals surface area contributed by atoms with E-state index in [1.165, 1.54) is 0 Å². The van der Waals surface area contributed by atoms with E-state index in [1.54, 1.807) is 6.20 Å². The summed E-state index contributed by atoms with van der Waals surface area (Å²) in [7, 11) is 0. The first-order valence-electron chi connectivity index (χ1n) is 4.71. The second-order valence-electron chi connectivity index (χ2n) is 3.71. The highest BCUT2D eigenvalue weighted by molar-refractivity contribution is 5.92. The number of carbonyl (C=O) groups excluding carboxylic acids is 1. The predicted octanol–water partition coefficient (Wildman–Crippen LogP) is 0.441. The van der Waals surface area contributed by atoms with E-state index in [0.717, 1.165) is 18.5 Å². The van der Waals surface area contributed by atoms with Crippen LogP contribution in [0.3, 0.4) is 0 Å². The number of aromatic nitrogens is 1. The average molecular weight is 190 g/mol. The van der Waals surface area contributed by atoms with Gasteiger partial charge in [-0.25, -0.2) is 9.78 Å². The molecule has 0 aromatic carbocycles. The van der Waals surface area contributed by atoms with Gasteiger partial charge >= 0.3 is 5.97 Å². The van der Waals surface area contributed by atoms with Crippen molar-refractivity contribution >= 4 is 5.97 Å². The lowest BCUT2D eigenvalue weighted by Gasteiger charge is -2.21. The van der Waals surface area contributed by atoms with Crippen molar-refractivity contribution in [3.63, 3.8) is 0 Å². The van der Waals surface area contributed by atoms with E-state index in [9.17, 15) is 4.79 Å². The molecule has 4 heteroatoms. The van der Waals surface area contributed by atoms with Crippen LogP contribution in [-0.4, -0.2) is 24.0 Å². The Labute approximate surface area is 81.3 Å². The van der Waals surface area contributed by atoms with E-state index in [0.29, 0.717) is 12.2 Å². The van der Waals surface area contributed by atoms with E-state index in [2.05, 4.69) is 10.3 Å². The van der Waals surface area contributed by atoms with Crippen LogP contribution in [-0.2, 0) is 10.3 Å². The quantitative estimate of drug-likeness (QED) is 0.603. The molecule has 2 aliphatic rings. The van der Waals surface area contributed by atoms with Crippen molar-refractivity contribution in [2.45, 2.75) is 12.0 Å². The Balaban J connectivity index is 2.18. The molecule has 1 aromatic rings. The zero-order valence-electron chi connectivity index (χ0n) is 7.62. The van der Waals surface area contributed by atoms with E-state index in [4.69, 9.17) is 4.74 Å². The maximum Gasteiger partial charge on any atom is 0.358 e. The van der Waals surface area contributed by atoms with Crippen molar-refractivity contribution in [2.75, 3.05) is 13.1 Å². The fourth-order valence-electron chi connectivity index (χ4n) is 2.20. The second-order valence-corrected chi connectivity index (χ2v) is 3.71. The minimum Gasteiger partial charge on any atom is -0.448 e. The molecular formula is C10H10N2O2. The molecule has 0 aliphatic carbocycles. The van der Waals surface area contributed by atoms with Gasteiger partial charge in [0.1, 0.15) is 0 Å². The molecule has 0 radical (unpaired) electrons. The molecular weight excluding hydrogens is 180 g/mol. The van der Waals surface area contributed by atoms with Crippen LogP contribution in [0.1, 0.15) is 22.5 Å². The number of hydrogen-bond donors (Lipinski definition) is 1. The van der Waals surface area contributed by atoms with Crippen LogP contribution in [0.4, 0.5) is 0 Å². The zero-order chi connectivity index (χ0) is 9.60. The Kier molecular flexibility index (Phi) is 1.44. The van der Waals surface area contributed by atoms with Crippen molar-refractivity contribution in [1.29, 1.82) is 0 Å². The monoisotopic (exact) mass is 190 g/mol. The van der Waals surface area contributed by atoms with Gasteiger partial charge in [-0.05, 0) is 12.6 Å². The summed E-state index contributed by atoms with van der Waals surface area (Å²) >= 11 is 0. The molecule has 3 rings (SSSR count). The third-order valence-electron chi connectivity index (χ3n) is 2.90. The summed E-state index contributed by atoms with van der Waals surface area (Å²) in [6.07, 6.45) is 2.47. The minimum absolute atomic E-state index is 0.288. The van der Waals surface area contributed by atoms with Gasteiger partial charge in [-0.15, -0.1) is 0 Å². The molecule has 2 aliphatic heterocycles. The van der Waals surface area contributed by atoms with Crippen LogP contribution in [0.2, 0.25) is 0 Å². The largest absolute Gasteiger partial charge is 0.448 e. The predicted molar refractivity (Wildman–Crippen MR) is 48.8 cm³/mol. The van der Waals surface area contributed by atoms with Crippen molar-refractivity contribution < 1.29 is 9.53 Å². The summed E-state index contributed by atoms with van der Waals surface area (Å²) in [6, 6.07) is 3.78. The molecule has 1 saturated heterocycles. The van der Waals surface area contributed by atoms with E-state index in [1.807, 2.05) is 12.1 Å². The number of pyridine rings is 1. The SMILES string of the molecule is O=C1OC2(CCNC2)c2cccnc21. The van der Waals surface area contributed by atoms with Gasteiger partial charge in [0.15, 0.2) is 11.3 Å². The fraction of sp³-hybridized carbons (Fsp3) is 0.400. The molecule has 14 heavy (non-hydrogen) atoms. The lowest BCUT2D eigenvalue weighted by Crippen LogP contribution is -2.28. The molecule has 4 nitrogen and oxygen atoms in total. The Hall–Kier alpha value is -1.42. The third kappa shape index (κ3) is 0.861. The van der Waals surface area contributed by atoms with E-state index in [-0.39, 0.29) is 5.97 Å². The lowest BCUT2D eigenvalue weighted by molar-refractivity contribution is 0.00147. The zero-order valence-corrected chi connectivity index (χ0v) is 7.62. The van der Waals surface area contributed by atoms with Crippen LogP contribution in [0.25, 0.3) is 0 Å². The number of nitrogens with one attached hydrogen (secondary N) is 1. The molecule has 1 unspecified atom stereocenters. The molecule has 72 valence electrons. The molecule has 1 spiro atoms.